The Morgan fingerprint density at radius 2 is 1.86 bits per heavy atom. The zero-order chi connectivity index (χ0) is 16.0. The number of primary amides is 1. The van der Waals surface area contributed by atoms with E-state index in [4.69, 9.17) is 10.5 Å². The van der Waals surface area contributed by atoms with Crippen LogP contribution in [-0.2, 0) is 9.53 Å². The summed E-state index contributed by atoms with van der Waals surface area (Å²) >= 11 is 0. The number of ether oxygens (including phenoxy) is 1. The molecular weight excluding hydrogens is 272 g/mol. The number of carbonyl (C=O) groups is 3. The monoisotopic (exact) mass is 292 g/mol. The van der Waals surface area contributed by atoms with E-state index in [9.17, 15) is 14.4 Å². The molecule has 0 aliphatic heterocycles. The molecule has 0 radical (unpaired) electrons. The minimum atomic E-state index is -0.605. The highest BCUT2D eigenvalue weighted by Crippen LogP contribution is 2.11. The van der Waals surface area contributed by atoms with Crippen molar-refractivity contribution in [3.05, 3.63) is 35.4 Å². The fourth-order valence-electron chi connectivity index (χ4n) is 1.81. The molecule has 114 valence electrons. The van der Waals surface area contributed by atoms with E-state index in [1.54, 1.807) is 32.9 Å². The number of nitrogens with zero attached hydrogens (tertiary/aromatic N) is 1. The molecule has 6 nitrogen and oxygen atoms in total. The van der Waals surface area contributed by atoms with Crippen LogP contribution < -0.4 is 5.73 Å². The summed E-state index contributed by atoms with van der Waals surface area (Å²) in [5.74, 6) is -1.42. The predicted molar refractivity (Wildman–Crippen MR) is 77.8 cm³/mol. The van der Waals surface area contributed by atoms with E-state index < -0.39 is 11.9 Å². The zero-order valence-corrected chi connectivity index (χ0v) is 12.5. The maximum Gasteiger partial charge on any atom is 0.325 e. The first kappa shape index (κ1) is 16.7. The van der Waals surface area contributed by atoms with Crippen molar-refractivity contribution in [1.29, 1.82) is 0 Å². The Morgan fingerprint density at radius 1 is 1.24 bits per heavy atom. The molecule has 2 N–H and O–H groups in total. The van der Waals surface area contributed by atoms with Gasteiger partial charge < -0.3 is 15.4 Å². The number of hydrogen-bond acceptors (Lipinski definition) is 4. The minimum Gasteiger partial charge on any atom is -0.465 e. The predicted octanol–water partition coefficient (Wildman–Crippen LogP) is 1.20. The zero-order valence-electron chi connectivity index (χ0n) is 12.5. The van der Waals surface area contributed by atoms with Crippen molar-refractivity contribution in [1.82, 2.24) is 4.90 Å². The number of amides is 2. The summed E-state index contributed by atoms with van der Waals surface area (Å²) in [6.07, 6.45) is 0. The van der Waals surface area contributed by atoms with Gasteiger partial charge in [-0.3, -0.25) is 14.4 Å². The Morgan fingerprint density at radius 3 is 2.38 bits per heavy atom. The van der Waals surface area contributed by atoms with Gasteiger partial charge in [-0.15, -0.1) is 0 Å². The quantitative estimate of drug-likeness (QED) is 0.798. The van der Waals surface area contributed by atoms with Crippen molar-refractivity contribution in [3.63, 3.8) is 0 Å². The molecule has 0 atom stereocenters. The highest BCUT2D eigenvalue weighted by molar-refractivity contribution is 6.00. The highest BCUT2D eigenvalue weighted by Gasteiger charge is 2.22. The molecule has 0 aliphatic rings. The summed E-state index contributed by atoms with van der Waals surface area (Å²) in [6, 6.07) is 5.93. The molecule has 0 heterocycles. The minimum absolute atomic E-state index is 0.134. The van der Waals surface area contributed by atoms with Gasteiger partial charge >= 0.3 is 5.97 Å². The van der Waals surface area contributed by atoms with E-state index in [1.807, 2.05) is 0 Å². The van der Waals surface area contributed by atoms with Crippen LogP contribution in [0.25, 0.3) is 0 Å². The van der Waals surface area contributed by atoms with Gasteiger partial charge in [-0.05, 0) is 39.0 Å². The van der Waals surface area contributed by atoms with Crippen molar-refractivity contribution in [2.75, 3.05) is 13.2 Å². The Hall–Kier alpha value is -2.37. The summed E-state index contributed by atoms with van der Waals surface area (Å²) < 4.78 is 4.86. The first-order valence-corrected chi connectivity index (χ1v) is 6.73. The molecule has 1 aromatic rings. The van der Waals surface area contributed by atoms with Crippen LogP contribution in [0.5, 0.6) is 0 Å². The third-order valence-corrected chi connectivity index (χ3v) is 2.88. The average Bonchev–Trinajstić information content (AvgIpc) is 2.44. The summed E-state index contributed by atoms with van der Waals surface area (Å²) in [5, 5.41) is 0. The van der Waals surface area contributed by atoms with Gasteiger partial charge in [0.2, 0.25) is 5.91 Å². The topological polar surface area (TPSA) is 89.7 Å². The Labute approximate surface area is 123 Å². The van der Waals surface area contributed by atoms with Crippen LogP contribution in [0.1, 0.15) is 41.5 Å². The summed E-state index contributed by atoms with van der Waals surface area (Å²) in [5.41, 5.74) is 5.76. The number of benzene rings is 1. The largest absolute Gasteiger partial charge is 0.465 e. The number of esters is 1. The lowest BCUT2D eigenvalue weighted by atomic mass is 10.1. The molecule has 0 unspecified atom stereocenters. The van der Waals surface area contributed by atoms with Gasteiger partial charge in [-0.1, -0.05) is 6.07 Å². The molecule has 0 saturated heterocycles. The van der Waals surface area contributed by atoms with E-state index in [1.165, 1.54) is 17.0 Å². The summed E-state index contributed by atoms with van der Waals surface area (Å²) in [6.45, 7) is 5.43. The van der Waals surface area contributed by atoms with Crippen molar-refractivity contribution >= 4 is 17.8 Å². The van der Waals surface area contributed by atoms with Crippen LogP contribution >= 0.6 is 0 Å². The third-order valence-electron chi connectivity index (χ3n) is 2.88. The maximum atomic E-state index is 12.5. The van der Waals surface area contributed by atoms with E-state index in [0.717, 1.165) is 0 Å². The van der Waals surface area contributed by atoms with Crippen molar-refractivity contribution in [3.8, 4) is 0 Å². The normalized spacial score (nSPS) is 10.3. The van der Waals surface area contributed by atoms with Gasteiger partial charge in [0.25, 0.3) is 5.91 Å². The number of nitrogens with two attached hydrogens (primary N) is 1. The van der Waals surface area contributed by atoms with Gasteiger partial charge in [-0.2, -0.15) is 0 Å². The van der Waals surface area contributed by atoms with Crippen molar-refractivity contribution in [2.24, 2.45) is 5.73 Å². The second kappa shape index (κ2) is 7.42. The lowest BCUT2D eigenvalue weighted by Crippen LogP contribution is -2.41. The summed E-state index contributed by atoms with van der Waals surface area (Å²) in [4.78, 5) is 36.6. The standard InChI is InChI=1S/C15H20N2O4/c1-4-21-13(18)9-17(10(2)3)15(20)12-7-5-6-11(8-12)14(16)19/h5-8,10H,4,9H2,1-3H3,(H2,16,19). The molecule has 0 fully saturated rings. The van der Waals surface area contributed by atoms with Gasteiger partial charge in [0.1, 0.15) is 6.54 Å². The fourth-order valence-corrected chi connectivity index (χ4v) is 1.81. The van der Waals surface area contributed by atoms with Crippen LogP contribution in [0.2, 0.25) is 0 Å². The van der Waals surface area contributed by atoms with E-state index in [-0.39, 0.29) is 30.7 Å². The molecule has 0 saturated carbocycles. The SMILES string of the molecule is CCOC(=O)CN(C(=O)c1cccc(C(N)=O)c1)C(C)C. The number of carbonyl (C=O) groups excluding carboxylic acids is 3. The molecule has 2 amide bonds. The lowest BCUT2D eigenvalue weighted by Gasteiger charge is -2.25. The van der Waals surface area contributed by atoms with Crippen molar-refractivity contribution in [2.45, 2.75) is 26.8 Å². The van der Waals surface area contributed by atoms with Gasteiger partial charge in [0, 0.05) is 17.2 Å². The third kappa shape index (κ3) is 4.59. The Balaban J connectivity index is 2.98. The molecule has 21 heavy (non-hydrogen) atoms. The van der Waals surface area contributed by atoms with E-state index in [2.05, 4.69) is 0 Å². The number of rotatable bonds is 6. The highest BCUT2D eigenvalue weighted by atomic mass is 16.5. The fraction of sp³-hybridized carbons (Fsp3) is 0.400. The lowest BCUT2D eigenvalue weighted by molar-refractivity contribution is -0.144. The van der Waals surface area contributed by atoms with Crippen LogP contribution in [-0.4, -0.2) is 41.9 Å². The van der Waals surface area contributed by atoms with E-state index in [0.29, 0.717) is 5.56 Å². The average molecular weight is 292 g/mol. The van der Waals surface area contributed by atoms with E-state index >= 15 is 0 Å². The van der Waals surface area contributed by atoms with Crippen LogP contribution in [0, 0.1) is 0 Å². The molecule has 6 heteroatoms. The molecule has 0 bridgehead atoms. The second-order valence-corrected chi connectivity index (χ2v) is 4.78. The molecular formula is C15H20N2O4. The van der Waals surface area contributed by atoms with Gasteiger partial charge in [0.05, 0.1) is 6.61 Å². The first-order valence-electron chi connectivity index (χ1n) is 6.73. The van der Waals surface area contributed by atoms with Crippen molar-refractivity contribution < 1.29 is 19.1 Å². The Bertz CT molecular complexity index is 540. The maximum absolute atomic E-state index is 12.5. The van der Waals surface area contributed by atoms with Crippen LogP contribution in [0.15, 0.2) is 24.3 Å². The molecule has 0 aromatic heterocycles. The summed E-state index contributed by atoms with van der Waals surface area (Å²) in [7, 11) is 0. The first-order chi connectivity index (χ1) is 9.86. The number of hydrogen-bond donors (Lipinski definition) is 1. The van der Waals surface area contributed by atoms with Gasteiger partial charge in [0.15, 0.2) is 0 Å². The molecule has 1 rings (SSSR count). The second-order valence-electron chi connectivity index (χ2n) is 4.78. The van der Waals surface area contributed by atoms with Crippen LogP contribution in [0.4, 0.5) is 0 Å². The Kier molecular flexibility index (Phi) is 5.90. The molecule has 1 aromatic carbocycles. The van der Waals surface area contributed by atoms with Crippen LogP contribution in [0.3, 0.4) is 0 Å². The smallest absolute Gasteiger partial charge is 0.325 e. The molecule has 0 spiro atoms. The van der Waals surface area contributed by atoms with Gasteiger partial charge in [-0.25, -0.2) is 0 Å². The molecule has 0 aliphatic carbocycles.